The molecule has 4 nitrogen and oxygen atoms in total. The van der Waals surface area contributed by atoms with Gasteiger partial charge in [-0.2, -0.15) is 0 Å². The number of rotatable bonds is 4. The zero-order valence-electron chi connectivity index (χ0n) is 10.6. The first-order valence-electron chi connectivity index (χ1n) is 6.14. The Hall–Kier alpha value is -1.07. The molecule has 0 spiro atoms. The van der Waals surface area contributed by atoms with Crippen molar-refractivity contribution >= 4 is 15.5 Å². The lowest BCUT2D eigenvalue weighted by atomic mass is 10.1. The van der Waals surface area contributed by atoms with Gasteiger partial charge in [-0.25, -0.2) is 8.42 Å². The van der Waals surface area contributed by atoms with Gasteiger partial charge >= 0.3 is 0 Å². The van der Waals surface area contributed by atoms with Crippen molar-refractivity contribution < 1.29 is 13.2 Å². The zero-order chi connectivity index (χ0) is 13.0. The Balaban J connectivity index is 2.02. The van der Waals surface area contributed by atoms with Gasteiger partial charge in [-0.3, -0.25) is 0 Å². The summed E-state index contributed by atoms with van der Waals surface area (Å²) in [4.78, 5) is 0. The van der Waals surface area contributed by atoms with Crippen molar-refractivity contribution in [3.63, 3.8) is 0 Å². The number of ether oxygens (including phenoxy) is 1. The molecule has 0 atom stereocenters. The molecule has 100 valence electrons. The molecule has 0 unspecified atom stereocenters. The minimum Gasteiger partial charge on any atom is -0.382 e. The molecular weight excluding hydrogens is 250 g/mol. The number of nitrogens with one attached hydrogen (secondary N) is 1. The minimum absolute atomic E-state index is 0.242. The van der Waals surface area contributed by atoms with Crippen LogP contribution in [0.15, 0.2) is 24.3 Å². The number of methoxy groups -OCH3 is 1. The van der Waals surface area contributed by atoms with Gasteiger partial charge in [0.1, 0.15) is 9.84 Å². The average molecular weight is 269 g/mol. The van der Waals surface area contributed by atoms with Gasteiger partial charge in [-0.15, -0.1) is 0 Å². The quantitative estimate of drug-likeness (QED) is 0.906. The van der Waals surface area contributed by atoms with E-state index in [9.17, 15) is 8.42 Å². The number of anilines is 1. The largest absolute Gasteiger partial charge is 0.382 e. The maximum Gasteiger partial charge on any atom is 0.150 e. The Morgan fingerprint density at radius 2 is 1.94 bits per heavy atom. The van der Waals surface area contributed by atoms with Gasteiger partial charge in [-0.1, -0.05) is 18.2 Å². The Morgan fingerprint density at radius 1 is 1.28 bits per heavy atom. The number of para-hydroxylation sites is 1. The molecular formula is C13H19NO3S. The molecule has 0 amide bonds. The van der Waals surface area contributed by atoms with Crippen molar-refractivity contribution in [3.8, 4) is 0 Å². The molecule has 1 N–H and O–H groups in total. The van der Waals surface area contributed by atoms with E-state index in [1.165, 1.54) is 0 Å². The van der Waals surface area contributed by atoms with Gasteiger partial charge in [0.15, 0.2) is 0 Å². The molecule has 1 aromatic rings. The van der Waals surface area contributed by atoms with Crippen molar-refractivity contribution in [2.75, 3.05) is 23.9 Å². The standard InChI is InChI=1S/C13H19NO3S/c1-17-10-11-4-2-3-5-13(11)14-12-6-8-18(15,16)9-7-12/h2-5,12,14H,6-10H2,1H3. The summed E-state index contributed by atoms with van der Waals surface area (Å²) in [5.41, 5.74) is 2.15. The predicted octanol–water partition coefficient (Wildman–Crippen LogP) is 1.82. The molecule has 5 heteroatoms. The van der Waals surface area contributed by atoms with Gasteiger partial charge < -0.3 is 10.1 Å². The summed E-state index contributed by atoms with van der Waals surface area (Å²) in [6.07, 6.45) is 1.37. The topological polar surface area (TPSA) is 55.4 Å². The number of hydrogen-bond acceptors (Lipinski definition) is 4. The van der Waals surface area contributed by atoms with Crippen molar-refractivity contribution in [1.29, 1.82) is 0 Å². The second kappa shape index (κ2) is 5.71. The molecule has 1 aliphatic heterocycles. The van der Waals surface area contributed by atoms with Crippen LogP contribution in [0.4, 0.5) is 5.69 Å². The first-order valence-corrected chi connectivity index (χ1v) is 7.97. The van der Waals surface area contributed by atoms with Crippen LogP contribution >= 0.6 is 0 Å². The first-order chi connectivity index (χ1) is 8.61. The van der Waals surface area contributed by atoms with E-state index in [0.717, 1.165) is 11.3 Å². The summed E-state index contributed by atoms with van der Waals surface area (Å²) in [6, 6.07) is 8.22. The molecule has 18 heavy (non-hydrogen) atoms. The SMILES string of the molecule is COCc1ccccc1NC1CCS(=O)(=O)CC1. The average Bonchev–Trinajstić information content (AvgIpc) is 2.35. The number of sulfone groups is 1. The summed E-state index contributed by atoms with van der Waals surface area (Å²) in [7, 11) is -1.12. The summed E-state index contributed by atoms with van der Waals surface area (Å²) in [6.45, 7) is 0.564. The van der Waals surface area contributed by atoms with Gasteiger partial charge in [0.2, 0.25) is 0 Å². The van der Waals surface area contributed by atoms with E-state index in [2.05, 4.69) is 5.32 Å². The summed E-state index contributed by atoms with van der Waals surface area (Å²) in [5.74, 6) is 0.578. The first kappa shape index (κ1) is 13.4. The monoisotopic (exact) mass is 269 g/mol. The highest BCUT2D eigenvalue weighted by Gasteiger charge is 2.23. The second-order valence-electron chi connectivity index (χ2n) is 4.66. The van der Waals surface area contributed by atoms with Crippen LogP contribution < -0.4 is 5.32 Å². The molecule has 1 aromatic carbocycles. The molecule has 0 radical (unpaired) electrons. The van der Waals surface area contributed by atoms with Crippen molar-refractivity contribution in [1.82, 2.24) is 0 Å². The van der Waals surface area contributed by atoms with Crippen molar-refractivity contribution in [2.45, 2.75) is 25.5 Å². The highest BCUT2D eigenvalue weighted by Crippen LogP contribution is 2.21. The van der Waals surface area contributed by atoms with E-state index in [1.807, 2.05) is 24.3 Å². The van der Waals surface area contributed by atoms with Crippen LogP contribution in [0.1, 0.15) is 18.4 Å². The zero-order valence-corrected chi connectivity index (χ0v) is 11.4. The van der Waals surface area contributed by atoms with E-state index < -0.39 is 9.84 Å². The summed E-state index contributed by atoms with van der Waals surface area (Å²) < 4.78 is 27.9. The highest BCUT2D eigenvalue weighted by molar-refractivity contribution is 7.91. The maximum atomic E-state index is 11.4. The fourth-order valence-electron chi connectivity index (χ4n) is 2.20. The van der Waals surface area contributed by atoms with Gasteiger partial charge in [0.05, 0.1) is 18.1 Å². The van der Waals surface area contributed by atoms with Gasteiger partial charge in [-0.05, 0) is 18.9 Å². The van der Waals surface area contributed by atoms with Gasteiger partial charge in [0.25, 0.3) is 0 Å². The lowest BCUT2D eigenvalue weighted by Crippen LogP contribution is -2.32. The third-order valence-corrected chi connectivity index (χ3v) is 4.95. The normalized spacial score (nSPS) is 19.6. The molecule has 1 aliphatic rings. The Morgan fingerprint density at radius 3 is 2.61 bits per heavy atom. The van der Waals surface area contributed by atoms with Crippen LogP contribution in [0, 0.1) is 0 Å². The van der Waals surface area contributed by atoms with E-state index in [0.29, 0.717) is 19.4 Å². The van der Waals surface area contributed by atoms with Crippen LogP contribution in [0.5, 0.6) is 0 Å². The van der Waals surface area contributed by atoms with Crippen molar-refractivity contribution in [2.24, 2.45) is 0 Å². The molecule has 0 aromatic heterocycles. The smallest absolute Gasteiger partial charge is 0.150 e. The van der Waals surface area contributed by atoms with E-state index >= 15 is 0 Å². The molecule has 1 heterocycles. The lowest BCUT2D eigenvalue weighted by molar-refractivity contribution is 0.185. The minimum atomic E-state index is -2.79. The fourth-order valence-corrected chi connectivity index (χ4v) is 3.69. The maximum absolute atomic E-state index is 11.4. The van der Waals surface area contributed by atoms with Crippen LogP contribution in [-0.4, -0.2) is 33.1 Å². The number of benzene rings is 1. The van der Waals surface area contributed by atoms with Gasteiger partial charge in [0, 0.05) is 24.4 Å². The molecule has 0 bridgehead atoms. The number of hydrogen-bond donors (Lipinski definition) is 1. The van der Waals surface area contributed by atoms with E-state index in [4.69, 9.17) is 4.74 Å². The fraction of sp³-hybridized carbons (Fsp3) is 0.538. The summed E-state index contributed by atoms with van der Waals surface area (Å²) >= 11 is 0. The molecule has 0 saturated carbocycles. The van der Waals surface area contributed by atoms with Crippen LogP contribution in [-0.2, 0) is 21.2 Å². The molecule has 2 rings (SSSR count). The summed E-state index contributed by atoms with van der Waals surface area (Å²) in [5, 5.41) is 3.43. The van der Waals surface area contributed by atoms with Crippen LogP contribution in [0.25, 0.3) is 0 Å². The molecule has 1 saturated heterocycles. The third kappa shape index (κ3) is 3.46. The van der Waals surface area contributed by atoms with E-state index in [-0.39, 0.29) is 17.5 Å². The highest BCUT2D eigenvalue weighted by atomic mass is 32.2. The van der Waals surface area contributed by atoms with E-state index in [1.54, 1.807) is 7.11 Å². The predicted molar refractivity (Wildman–Crippen MR) is 72.5 cm³/mol. The molecule has 0 aliphatic carbocycles. The second-order valence-corrected chi connectivity index (χ2v) is 6.96. The van der Waals surface area contributed by atoms with Crippen molar-refractivity contribution in [3.05, 3.63) is 29.8 Å². The molecule has 1 fully saturated rings. The Labute approximate surface area is 108 Å². The van der Waals surface area contributed by atoms with Crippen LogP contribution in [0.2, 0.25) is 0 Å². The lowest BCUT2D eigenvalue weighted by Gasteiger charge is -2.25. The Bertz CT molecular complexity index is 485. The Kier molecular flexibility index (Phi) is 4.24. The van der Waals surface area contributed by atoms with Crippen LogP contribution in [0.3, 0.4) is 0 Å². The third-order valence-electron chi connectivity index (χ3n) is 3.23.